The fourth-order valence-electron chi connectivity index (χ4n) is 3.51. The lowest BCUT2D eigenvalue weighted by Gasteiger charge is -2.34. The van der Waals surface area contributed by atoms with Gasteiger partial charge in [0.05, 0.1) is 11.3 Å². The maximum Gasteiger partial charge on any atom is 0.256 e. The largest absolute Gasteiger partial charge is 0.347 e. The van der Waals surface area contributed by atoms with E-state index in [0.29, 0.717) is 32.6 Å². The van der Waals surface area contributed by atoms with Crippen molar-refractivity contribution in [2.24, 2.45) is 7.05 Å². The van der Waals surface area contributed by atoms with Crippen LogP contribution in [0, 0.1) is 6.92 Å². The number of hydrogen-bond acceptors (Lipinski definition) is 3. The van der Waals surface area contributed by atoms with E-state index in [0.717, 1.165) is 22.2 Å². The number of piperazine rings is 1. The second-order valence-corrected chi connectivity index (χ2v) is 8.63. The van der Waals surface area contributed by atoms with Gasteiger partial charge in [-0.05, 0) is 19.4 Å². The summed E-state index contributed by atoms with van der Waals surface area (Å²) in [6, 6.07) is 7.88. The summed E-state index contributed by atoms with van der Waals surface area (Å²) in [6.45, 7) is 5.43. The van der Waals surface area contributed by atoms with Gasteiger partial charge in [-0.3, -0.25) is 4.79 Å². The Morgan fingerprint density at radius 1 is 1.12 bits per heavy atom. The number of benzene rings is 1. The molecular formula is C18H25N3O3S. The van der Waals surface area contributed by atoms with Crippen LogP contribution >= 0.6 is 0 Å². The van der Waals surface area contributed by atoms with Crippen molar-refractivity contribution in [2.75, 3.05) is 31.9 Å². The third-order valence-electron chi connectivity index (χ3n) is 4.99. The van der Waals surface area contributed by atoms with Crippen molar-refractivity contribution in [2.45, 2.75) is 20.3 Å². The van der Waals surface area contributed by atoms with Crippen molar-refractivity contribution < 1.29 is 13.2 Å². The van der Waals surface area contributed by atoms with E-state index in [4.69, 9.17) is 0 Å². The molecule has 136 valence electrons. The predicted octanol–water partition coefficient (Wildman–Crippen LogP) is 1.98. The SMILES string of the molecule is CCCS(=O)(=O)N1CCN(C(=O)c2c(C)n(C)c3ccccc23)CC1. The monoisotopic (exact) mass is 363 g/mol. The minimum Gasteiger partial charge on any atom is -0.347 e. The molecule has 2 heterocycles. The molecule has 3 rings (SSSR count). The van der Waals surface area contributed by atoms with Gasteiger partial charge in [-0.15, -0.1) is 0 Å². The molecule has 25 heavy (non-hydrogen) atoms. The van der Waals surface area contributed by atoms with Gasteiger partial charge >= 0.3 is 0 Å². The first-order valence-corrected chi connectivity index (χ1v) is 10.3. The first kappa shape index (κ1) is 17.9. The molecule has 0 N–H and O–H groups in total. The molecule has 0 saturated carbocycles. The van der Waals surface area contributed by atoms with Crippen LogP contribution in [0.5, 0.6) is 0 Å². The number of carbonyl (C=O) groups excluding carboxylic acids is 1. The molecule has 1 aliphatic rings. The Kier molecular flexibility index (Phi) is 4.88. The molecule has 0 bridgehead atoms. The summed E-state index contributed by atoms with van der Waals surface area (Å²) in [4.78, 5) is 14.8. The number of para-hydroxylation sites is 1. The van der Waals surface area contributed by atoms with Crippen LogP contribution in [0.1, 0.15) is 29.4 Å². The summed E-state index contributed by atoms with van der Waals surface area (Å²) in [6.07, 6.45) is 0.608. The van der Waals surface area contributed by atoms with Gasteiger partial charge in [0.2, 0.25) is 10.0 Å². The highest BCUT2D eigenvalue weighted by Gasteiger charge is 2.30. The maximum atomic E-state index is 13.1. The second kappa shape index (κ2) is 6.80. The summed E-state index contributed by atoms with van der Waals surface area (Å²) in [5, 5.41) is 0.952. The molecule has 0 aliphatic carbocycles. The van der Waals surface area contributed by atoms with E-state index < -0.39 is 10.0 Å². The van der Waals surface area contributed by atoms with Crippen molar-refractivity contribution >= 4 is 26.8 Å². The minimum atomic E-state index is -3.19. The highest BCUT2D eigenvalue weighted by molar-refractivity contribution is 7.89. The van der Waals surface area contributed by atoms with Gasteiger partial charge in [0.1, 0.15) is 0 Å². The fourth-order valence-corrected chi connectivity index (χ4v) is 5.00. The van der Waals surface area contributed by atoms with Crippen molar-refractivity contribution in [3.63, 3.8) is 0 Å². The highest BCUT2D eigenvalue weighted by atomic mass is 32.2. The van der Waals surface area contributed by atoms with Crippen LogP contribution in [0.3, 0.4) is 0 Å². The average molecular weight is 363 g/mol. The highest BCUT2D eigenvalue weighted by Crippen LogP contribution is 2.26. The van der Waals surface area contributed by atoms with Crippen LogP contribution in [0.25, 0.3) is 10.9 Å². The molecule has 1 aromatic heterocycles. The van der Waals surface area contributed by atoms with Crippen molar-refractivity contribution in [1.82, 2.24) is 13.8 Å². The van der Waals surface area contributed by atoms with Gasteiger partial charge in [-0.1, -0.05) is 25.1 Å². The molecule has 0 unspecified atom stereocenters. The third-order valence-corrected chi connectivity index (χ3v) is 7.07. The normalized spacial score (nSPS) is 16.5. The molecule has 2 aromatic rings. The van der Waals surface area contributed by atoms with Crippen molar-refractivity contribution in [1.29, 1.82) is 0 Å². The molecule has 0 radical (unpaired) electrons. The number of carbonyl (C=O) groups is 1. The number of fused-ring (bicyclic) bond motifs is 1. The summed E-state index contributed by atoms with van der Waals surface area (Å²) in [5.41, 5.74) is 2.70. The fraction of sp³-hybridized carbons (Fsp3) is 0.500. The zero-order valence-corrected chi connectivity index (χ0v) is 15.8. The number of amides is 1. The Balaban J connectivity index is 1.82. The van der Waals surface area contributed by atoms with Crippen LogP contribution in [0.15, 0.2) is 24.3 Å². The van der Waals surface area contributed by atoms with Crippen LogP contribution in [0.4, 0.5) is 0 Å². The van der Waals surface area contributed by atoms with E-state index >= 15 is 0 Å². The van der Waals surface area contributed by atoms with Gasteiger partial charge < -0.3 is 9.47 Å². The van der Waals surface area contributed by atoms with Gasteiger partial charge in [-0.25, -0.2) is 8.42 Å². The topological polar surface area (TPSA) is 62.6 Å². The standard InChI is InChI=1S/C18H25N3O3S/c1-4-13-25(23,24)21-11-9-20(10-12-21)18(22)17-14(2)19(3)16-8-6-5-7-15(16)17/h5-8H,4,9-13H2,1-3H3. The number of aryl methyl sites for hydroxylation is 1. The quantitative estimate of drug-likeness (QED) is 0.834. The third kappa shape index (κ3) is 3.18. The smallest absolute Gasteiger partial charge is 0.256 e. The van der Waals surface area contributed by atoms with Crippen LogP contribution in [0.2, 0.25) is 0 Å². The van der Waals surface area contributed by atoms with Crippen LogP contribution < -0.4 is 0 Å². The van der Waals surface area contributed by atoms with E-state index in [1.807, 2.05) is 49.7 Å². The van der Waals surface area contributed by atoms with Gasteiger partial charge in [0.15, 0.2) is 0 Å². The van der Waals surface area contributed by atoms with E-state index in [2.05, 4.69) is 0 Å². The first-order valence-electron chi connectivity index (χ1n) is 8.68. The molecule has 7 heteroatoms. The molecule has 1 aliphatic heterocycles. The molecule has 0 atom stereocenters. The van der Waals surface area contributed by atoms with Gasteiger partial charge in [0.25, 0.3) is 5.91 Å². The van der Waals surface area contributed by atoms with Gasteiger partial charge in [0, 0.05) is 49.8 Å². The molecule has 6 nitrogen and oxygen atoms in total. The molecular weight excluding hydrogens is 338 g/mol. The lowest BCUT2D eigenvalue weighted by Crippen LogP contribution is -2.51. The molecule has 1 saturated heterocycles. The Morgan fingerprint density at radius 3 is 2.40 bits per heavy atom. The van der Waals surface area contributed by atoms with Crippen molar-refractivity contribution in [3.05, 3.63) is 35.5 Å². The zero-order valence-electron chi connectivity index (χ0n) is 15.0. The summed E-state index contributed by atoms with van der Waals surface area (Å²) in [5.74, 6) is 0.158. The van der Waals surface area contributed by atoms with E-state index in [9.17, 15) is 13.2 Å². The Hall–Kier alpha value is -1.86. The maximum absolute atomic E-state index is 13.1. The first-order chi connectivity index (χ1) is 11.9. The lowest BCUT2D eigenvalue weighted by molar-refractivity contribution is 0.0699. The summed E-state index contributed by atoms with van der Waals surface area (Å²) in [7, 11) is -1.23. The zero-order chi connectivity index (χ0) is 18.2. The minimum absolute atomic E-state index is 0.0122. The van der Waals surface area contributed by atoms with Crippen LogP contribution in [-0.2, 0) is 17.1 Å². The number of rotatable bonds is 4. The van der Waals surface area contributed by atoms with E-state index in [1.54, 1.807) is 4.90 Å². The molecule has 1 amide bonds. The van der Waals surface area contributed by atoms with Crippen LogP contribution in [-0.4, -0.2) is 60.0 Å². The number of hydrogen-bond donors (Lipinski definition) is 0. The molecule has 0 spiro atoms. The predicted molar refractivity (Wildman–Crippen MR) is 99.2 cm³/mol. The Morgan fingerprint density at radius 2 is 1.76 bits per heavy atom. The molecule has 1 fully saturated rings. The number of sulfonamides is 1. The number of aromatic nitrogens is 1. The van der Waals surface area contributed by atoms with Gasteiger partial charge in [-0.2, -0.15) is 4.31 Å². The van der Waals surface area contributed by atoms with Crippen molar-refractivity contribution in [3.8, 4) is 0 Å². The average Bonchev–Trinajstić information content (AvgIpc) is 2.86. The summed E-state index contributed by atoms with van der Waals surface area (Å²) >= 11 is 0. The van der Waals surface area contributed by atoms with E-state index in [-0.39, 0.29) is 11.7 Å². The molecule has 1 aromatic carbocycles. The Bertz CT molecular complexity index is 894. The van der Waals surface area contributed by atoms with E-state index in [1.165, 1.54) is 4.31 Å². The lowest BCUT2D eigenvalue weighted by atomic mass is 10.1. The second-order valence-electron chi connectivity index (χ2n) is 6.54. The Labute approximate surface area is 149 Å². The summed E-state index contributed by atoms with van der Waals surface area (Å²) < 4.78 is 27.9. The number of nitrogens with zero attached hydrogens (tertiary/aromatic N) is 3.